The third-order valence-corrected chi connectivity index (χ3v) is 4.18. The SMILES string of the molecule is Cn1nccc1S(=O)(=O)Nc1c(F)cc(Br)cc1F. The third kappa shape index (κ3) is 2.76. The Hall–Kier alpha value is -1.48. The highest BCUT2D eigenvalue weighted by atomic mass is 79.9. The second-order valence-electron chi connectivity index (χ2n) is 3.64. The molecule has 9 heteroatoms. The molecule has 19 heavy (non-hydrogen) atoms. The van der Waals surface area contributed by atoms with E-state index in [2.05, 4.69) is 21.0 Å². The van der Waals surface area contributed by atoms with Gasteiger partial charge in [-0.25, -0.2) is 8.78 Å². The van der Waals surface area contributed by atoms with E-state index in [1.807, 2.05) is 4.72 Å². The number of halogens is 3. The van der Waals surface area contributed by atoms with Gasteiger partial charge in [-0.1, -0.05) is 15.9 Å². The van der Waals surface area contributed by atoms with Crippen molar-refractivity contribution < 1.29 is 17.2 Å². The van der Waals surface area contributed by atoms with Crippen molar-refractivity contribution in [2.45, 2.75) is 5.03 Å². The number of benzene rings is 1. The number of nitrogens with zero attached hydrogens (tertiary/aromatic N) is 2. The van der Waals surface area contributed by atoms with Crippen LogP contribution in [-0.4, -0.2) is 18.2 Å². The normalized spacial score (nSPS) is 11.6. The van der Waals surface area contributed by atoms with Crippen LogP contribution in [0, 0.1) is 11.6 Å². The van der Waals surface area contributed by atoms with E-state index in [9.17, 15) is 17.2 Å². The first-order chi connectivity index (χ1) is 8.81. The molecule has 0 radical (unpaired) electrons. The summed E-state index contributed by atoms with van der Waals surface area (Å²) in [5.74, 6) is -2.03. The van der Waals surface area contributed by atoms with Crippen molar-refractivity contribution in [1.29, 1.82) is 0 Å². The first-order valence-corrected chi connectivity index (χ1v) is 7.24. The van der Waals surface area contributed by atoms with Crippen LogP contribution >= 0.6 is 15.9 Å². The minimum atomic E-state index is -4.10. The van der Waals surface area contributed by atoms with E-state index in [-0.39, 0.29) is 9.50 Å². The van der Waals surface area contributed by atoms with E-state index >= 15 is 0 Å². The molecular weight excluding hydrogens is 344 g/mol. The molecule has 0 amide bonds. The maximum Gasteiger partial charge on any atom is 0.279 e. The fourth-order valence-corrected chi connectivity index (χ4v) is 3.06. The number of rotatable bonds is 3. The monoisotopic (exact) mass is 351 g/mol. The minimum Gasteiger partial charge on any atom is -0.273 e. The quantitative estimate of drug-likeness (QED) is 0.922. The summed E-state index contributed by atoms with van der Waals surface area (Å²) in [5, 5.41) is 3.49. The van der Waals surface area contributed by atoms with Crippen LogP contribution in [0.3, 0.4) is 0 Å². The summed E-state index contributed by atoms with van der Waals surface area (Å²) in [5.41, 5.74) is -0.732. The van der Waals surface area contributed by atoms with Crippen molar-refractivity contribution in [1.82, 2.24) is 9.78 Å². The van der Waals surface area contributed by atoms with Crippen LogP contribution < -0.4 is 4.72 Å². The Kier molecular flexibility index (Phi) is 3.59. The highest BCUT2D eigenvalue weighted by molar-refractivity contribution is 9.10. The van der Waals surface area contributed by atoms with Crippen molar-refractivity contribution >= 4 is 31.6 Å². The Bertz CT molecular complexity index is 707. The van der Waals surface area contributed by atoms with Gasteiger partial charge in [0.05, 0.1) is 6.20 Å². The molecule has 102 valence electrons. The zero-order valence-electron chi connectivity index (χ0n) is 9.56. The average molecular weight is 352 g/mol. The molecule has 0 aliphatic heterocycles. The summed E-state index contributed by atoms with van der Waals surface area (Å²) in [6.45, 7) is 0. The molecule has 1 aromatic carbocycles. The number of sulfonamides is 1. The Morgan fingerprint density at radius 3 is 2.37 bits per heavy atom. The van der Waals surface area contributed by atoms with E-state index in [1.54, 1.807) is 0 Å². The van der Waals surface area contributed by atoms with Gasteiger partial charge >= 0.3 is 0 Å². The zero-order chi connectivity index (χ0) is 14.2. The predicted molar refractivity (Wildman–Crippen MR) is 68.1 cm³/mol. The van der Waals surface area contributed by atoms with Crippen LogP contribution in [0.5, 0.6) is 0 Å². The Morgan fingerprint density at radius 2 is 1.89 bits per heavy atom. The van der Waals surface area contributed by atoms with E-state index < -0.39 is 27.3 Å². The van der Waals surface area contributed by atoms with Crippen molar-refractivity contribution in [3.8, 4) is 0 Å². The lowest BCUT2D eigenvalue weighted by Crippen LogP contribution is -2.18. The van der Waals surface area contributed by atoms with Gasteiger partial charge in [0.1, 0.15) is 5.69 Å². The van der Waals surface area contributed by atoms with Gasteiger partial charge in [-0.3, -0.25) is 9.40 Å². The van der Waals surface area contributed by atoms with Crippen molar-refractivity contribution in [2.24, 2.45) is 7.05 Å². The Labute approximate surface area is 116 Å². The maximum atomic E-state index is 13.6. The van der Waals surface area contributed by atoms with Gasteiger partial charge in [0.2, 0.25) is 0 Å². The van der Waals surface area contributed by atoms with Gasteiger partial charge in [-0.05, 0) is 18.2 Å². The highest BCUT2D eigenvalue weighted by Crippen LogP contribution is 2.25. The first-order valence-electron chi connectivity index (χ1n) is 4.96. The molecule has 2 aromatic rings. The van der Waals surface area contributed by atoms with E-state index in [1.165, 1.54) is 19.3 Å². The standard InChI is InChI=1S/C10H8BrF2N3O2S/c1-16-9(2-3-14-16)19(17,18)15-10-7(12)4-6(11)5-8(10)13/h2-5,15H,1H3. The van der Waals surface area contributed by atoms with Gasteiger partial charge in [-0.15, -0.1) is 0 Å². The van der Waals surface area contributed by atoms with Crippen LogP contribution in [0.15, 0.2) is 33.9 Å². The summed E-state index contributed by atoms with van der Waals surface area (Å²) in [7, 11) is -2.70. The summed E-state index contributed by atoms with van der Waals surface area (Å²) in [4.78, 5) is 0. The fraction of sp³-hybridized carbons (Fsp3) is 0.100. The second-order valence-corrected chi connectivity index (χ2v) is 6.19. The molecule has 0 fully saturated rings. The Morgan fingerprint density at radius 1 is 1.32 bits per heavy atom. The molecule has 0 atom stereocenters. The van der Waals surface area contributed by atoms with Crippen LogP contribution in [0.2, 0.25) is 0 Å². The molecule has 0 bridgehead atoms. The molecule has 0 aliphatic rings. The third-order valence-electron chi connectivity index (χ3n) is 2.29. The minimum absolute atomic E-state index is 0.172. The summed E-state index contributed by atoms with van der Waals surface area (Å²) in [6, 6.07) is 3.14. The van der Waals surface area contributed by atoms with Gasteiger partial charge in [0.15, 0.2) is 16.7 Å². The lowest BCUT2D eigenvalue weighted by molar-refractivity contribution is 0.572. The lowest BCUT2D eigenvalue weighted by Gasteiger charge is -2.10. The van der Waals surface area contributed by atoms with Crippen molar-refractivity contribution in [2.75, 3.05) is 4.72 Å². The number of aromatic nitrogens is 2. The van der Waals surface area contributed by atoms with Crippen molar-refractivity contribution in [3.63, 3.8) is 0 Å². The number of nitrogens with one attached hydrogen (secondary N) is 1. The van der Waals surface area contributed by atoms with E-state index in [0.717, 1.165) is 16.8 Å². The number of aryl methyl sites for hydroxylation is 1. The molecule has 0 unspecified atom stereocenters. The molecule has 1 aromatic heterocycles. The molecule has 0 aliphatic carbocycles. The lowest BCUT2D eigenvalue weighted by atomic mass is 10.3. The molecule has 1 heterocycles. The fourth-order valence-electron chi connectivity index (χ4n) is 1.45. The second kappa shape index (κ2) is 4.89. The molecule has 2 rings (SSSR count). The number of anilines is 1. The van der Waals surface area contributed by atoms with Gasteiger partial charge in [0.25, 0.3) is 10.0 Å². The molecular formula is C10H8BrF2N3O2S. The predicted octanol–water partition coefficient (Wildman–Crippen LogP) is 2.26. The summed E-state index contributed by atoms with van der Waals surface area (Å²) >= 11 is 2.91. The number of hydrogen-bond acceptors (Lipinski definition) is 3. The van der Waals surface area contributed by atoms with Crippen molar-refractivity contribution in [3.05, 3.63) is 40.5 Å². The average Bonchev–Trinajstić information content (AvgIpc) is 2.70. The number of hydrogen-bond donors (Lipinski definition) is 1. The van der Waals surface area contributed by atoms with Crippen LogP contribution in [0.25, 0.3) is 0 Å². The molecule has 5 nitrogen and oxygen atoms in total. The molecule has 0 saturated heterocycles. The van der Waals surface area contributed by atoms with Crippen LogP contribution in [0.1, 0.15) is 0 Å². The molecule has 0 saturated carbocycles. The zero-order valence-corrected chi connectivity index (χ0v) is 12.0. The summed E-state index contributed by atoms with van der Waals surface area (Å²) < 4.78 is 54.2. The van der Waals surface area contributed by atoms with E-state index in [0.29, 0.717) is 0 Å². The first kappa shape index (κ1) is 13.9. The van der Waals surface area contributed by atoms with Gasteiger partial charge in [-0.2, -0.15) is 13.5 Å². The van der Waals surface area contributed by atoms with Gasteiger partial charge in [0, 0.05) is 11.5 Å². The maximum absolute atomic E-state index is 13.6. The topological polar surface area (TPSA) is 64.0 Å². The largest absolute Gasteiger partial charge is 0.279 e. The molecule has 1 N–H and O–H groups in total. The Balaban J connectivity index is 2.45. The summed E-state index contributed by atoms with van der Waals surface area (Å²) in [6.07, 6.45) is 1.27. The van der Waals surface area contributed by atoms with E-state index in [4.69, 9.17) is 0 Å². The smallest absolute Gasteiger partial charge is 0.273 e. The van der Waals surface area contributed by atoms with Crippen LogP contribution in [-0.2, 0) is 17.1 Å². The van der Waals surface area contributed by atoms with Crippen LogP contribution in [0.4, 0.5) is 14.5 Å². The molecule has 0 spiro atoms. The van der Waals surface area contributed by atoms with Gasteiger partial charge < -0.3 is 0 Å². The highest BCUT2D eigenvalue weighted by Gasteiger charge is 2.22.